The van der Waals surface area contributed by atoms with E-state index < -0.39 is 8.07 Å². The van der Waals surface area contributed by atoms with Crippen LogP contribution >= 0.6 is 45.3 Å². The molecule has 612 valence electrons. The molecule has 1 aliphatic heterocycles. The second-order valence-electron chi connectivity index (χ2n) is 36.5. The lowest BCUT2D eigenvalue weighted by Gasteiger charge is -2.25. The van der Waals surface area contributed by atoms with E-state index in [0.717, 1.165) is 11.2 Å². The third-order valence-corrected chi connectivity index (χ3v) is 37.5. The van der Waals surface area contributed by atoms with Crippen LogP contribution in [0.15, 0.2) is 405 Å². The zero-order valence-corrected chi connectivity index (χ0v) is 75.8. The minimum atomic E-state index is -1.83. The third kappa shape index (κ3) is 10.1. The molecule has 32 aromatic rings. The normalized spacial score (nSPS) is 13.0. The zero-order chi connectivity index (χ0) is 86.2. The second-order valence-corrected chi connectivity index (χ2v) is 45.1. The molecule has 0 aliphatic carbocycles. The zero-order valence-electron chi connectivity index (χ0n) is 71.5. The summed E-state index contributed by atoms with van der Waals surface area (Å²) >= 11 is 7.67. The highest BCUT2D eigenvalue weighted by Crippen LogP contribution is 2.55. The van der Waals surface area contributed by atoms with Crippen molar-refractivity contribution in [3.8, 4) is 22.5 Å². The Hall–Kier alpha value is -15.4. The van der Waals surface area contributed by atoms with Gasteiger partial charge in [0.15, 0.2) is 0 Å². The molecule has 0 atom stereocenters. The van der Waals surface area contributed by atoms with Crippen molar-refractivity contribution in [1.29, 1.82) is 0 Å². The minimum Gasteiger partial charge on any atom is -0.456 e. The molecule has 0 unspecified atom stereocenters. The highest BCUT2D eigenvalue weighted by Gasteiger charge is 2.36. The van der Waals surface area contributed by atoms with Gasteiger partial charge in [-0.3, -0.25) is 0 Å². The molecule has 25 aromatic carbocycles. The number of hydrogen-bond donors (Lipinski definition) is 0. The molecule has 0 amide bonds. The first-order valence-electron chi connectivity index (χ1n) is 45.5. The summed E-state index contributed by atoms with van der Waals surface area (Å²) in [5.74, 6) is 0. The maximum Gasteiger partial charge on any atom is 0.137 e. The Morgan fingerprint density at radius 1 is 0.182 bits per heavy atom. The van der Waals surface area contributed by atoms with Crippen molar-refractivity contribution in [2.45, 2.75) is 13.1 Å². The average Bonchev–Trinajstić information content (AvgIpc) is 1.54. The molecular formula is C124H72N2OS4Si. The minimum absolute atomic E-state index is 0.943. The summed E-state index contributed by atoms with van der Waals surface area (Å²) in [6.07, 6.45) is 0. The Labute approximate surface area is 771 Å². The van der Waals surface area contributed by atoms with Gasteiger partial charge in [-0.25, -0.2) is 0 Å². The van der Waals surface area contributed by atoms with Gasteiger partial charge in [0.2, 0.25) is 0 Å². The average molecular weight is 1760 g/mol. The molecule has 8 heterocycles. The summed E-state index contributed by atoms with van der Waals surface area (Å²) in [5.41, 5.74) is 11.5. The molecule has 132 heavy (non-hydrogen) atoms. The highest BCUT2D eigenvalue weighted by atomic mass is 32.1. The number of fused-ring (bicyclic) bond motifs is 15. The Balaban J connectivity index is 0.0000000867. The largest absolute Gasteiger partial charge is 0.456 e. The number of thiophene rings is 3. The standard InChI is InChI=1S/C44H26N2.C30H16OS.C26H18SSi.C24H12S2/c1-2-11-29(12-3-1)45-38-18-9-19-39-43(38)44-40(45)25-22-28-21-20-27-10-8-17-37(41(27)42(28)44)46(39)30-23-24-35-33-15-5-4-13-31(33)32-14-6-7-16-34(32)36(35)26-30;1-2-7-17(8-3-1)18-15-24-29-26(16-18)32-25-14-13-22-20-10-5-4-9-19(20)21-11-6-12-23(31-24)27(21)28(22)30(25)29;1-28(2)21-11-5-9-17-15-7-3-4-8-16(15)18-13-14-20-26(24(18)23(17)21)25-19(27-20)10-6-12-22(25)28;1-2-6-14-13(5-1)15-7-3-8-17-21(15)22-16(14)11-12-20-24(22)23-18(25-17)9-4-10-19(23)26-20/h1-26H;1-16H;3-14H,1-2H3;1-12H. The van der Waals surface area contributed by atoms with E-state index in [9.17, 15) is 0 Å². The van der Waals surface area contributed by atoms with E-state index in [1.54, 1.807) is 10.4 Å². The van der Waals surface area contributed by atoms with E-state index >= 15 is 0 Å². The molecule has 1 aliphatic rings. The number of rotatable bonds is 3. The third-order valence-electron chi connectivity index (χ3n) is 29.5. The van der Waals surface area contributed by atoms with Crippen molar-refractivity contribution in [1.82, 2.24) is 9.13 Å². The lowest BCUT2D eigenvalue weighted by Crippen LogP contribution is -2.52. The molecular weight excluding hydrogens is 1690 g/mol. The van der Waals surface area contributed by atoms with Crippen molar-refractivity contribution in [3.63, 3.8) is 0 Å². The van der Waals surface area contributed by atoms with Crippen LogP contribution in [-0.4, -0.2) is 17.2 Å². The van der Waals surface area contributed by atoms with Crippen molar-refractivity contribution < 1.29 is 4.42 Å². The molecule has 0 bridgehead atoms. The molecule has 8 heteroatoms. The van der Waals surface area contributed by atoms with Gasteiger partial charge in [-0.15, -0.1) is 45.3 Å². The molecule has 0 N–H and O–H groups in total. The molecule has 33 rings (SSSR count). The Bertz CT molecular complexity index is 10600. The van der Waals surface area contributed by atoms with Gasteiger partial charge in [0.1, 0.15) is 19.2 Å². The van der Waals surface area contributed by atoms with Crippen LogP contribution in [0.5, 0.6) is 0 Å². The fraction of sp³-hybridized carbons (Fsp3) is 0.0161. The SMILES string of the molecule is C[Si]1(C)c2cccc3sc4ccc5c6ccccc6c6cccc1c6c5c4c23.c1cc2sc3cccc4c5ccccc5c5ccc6sc(c1)c2c6c5c34.c1ccc(-c2cc3oc4cccc5c6ccccc6c6ccc7sc(c2)c3c7c6c45)cc1.c1ccc(-n2c3ccc4ccc5cccc6c5c4c3c3c(cccc32)n6-c2ccc3c4ccccc4c4ccccc4c3c2)cc1. The van der Waals surface area contributed by atoms with Gasteiger partial charge in [0, 0.05) is 124 Å². The summed E-state index contributed by atoms with van der Waals surface area (Å²) in [5, 5.41) is 51.8. The van der Waals surface area contributed by atoms with Gasteiger partial charge in [0.25, 0.3) is 0 Å². The van der Waals surface area contributed by atoms with Gasteiger partial charge in [-0.2, -0.15) is 0 Å². The summed E-state index contributed by atoms with van der Waals surface area (Å²) in [6, 6.07) is 148. The number of para-hydroxylation sites is 1. The van der Waals surface area contributed by atoms with Crippen LogP contribution < -0.4 is 10.4 Å². The Morgan fingerprint density at radius 3 is 1.15 bits per heavy atom. The summed E-state index contributed by atoms with van der Waals surface area (Å²) in [4.78, 5) is 0. The van der Waals surface area contributed by atoms with E-state index in [-0.39, 0.29) is 0 Å². The molecule has 3 nitrogen and oxygen atoms in total. The molecule has 7 aromatic heterocycles. The van der Waals surface area contributed by atoms with Crippen molar-refractivity contribution in [2.75, 3.05) is 0 Å². The monoisotopic (exact) mass is 1760 g/mol. The maximum atomic E-state index is 6.73. The number of nitrogens with zero attached hydrogens (tertiary/aromatic N) is 2. The van der Waals surface area contributed by atoms with Gasteiger partial charge >= 0.3 is 0 Å². The van der Waals surface area contributed by atoms with Crippen LogP contribution in [0.1, 0.15) is 0 Å². The first-order chi connectivity index (χ1) is 65.3. The topological polar surface area (TPSA) is 23.0 Å². The Morgan fingerprint density at radius 2 is 0.553 bits per heavy atom. The quantitative estimate of drug-likeness (QED) is 0.128. The van der Waals surface area contributed by atoms with Crippen LogP contribution in [0.4, 0.5) is 0 Å². The molecule has 0 saturated carbocycles. The second kappa shape index (κ2) is 27.4. The van der Waals surface area contributed by atoms with Crippen molar-refractivity contribution in [3.05, 3.63) is 400 Å². The summed E-state index contributed by atoms with van der Waals surface area (Å²) in [7, 11) is -1.83. The van der Waals surface area contributed by atoms with Gasteiger partial charge in [-0.1, -0.05) is 304 Å². The lowest BCUT2D eigenvalue weighted by atomic mass is 9.91. The van der Waals surface area contributed by atoms with Crippen LogP contribution in [0.3, 0.4) is 0 Å². The smallest absolute Gasteiger partial charge is 0.137 e. The number of aromatic nitrogens is 2. The predicted molar refractivity (Wildman–Crippen MR) is 582 cm³/mol. The molecule has 0 radical (unpaired) electrons. The number of hydrogen-bond acceptors (Lipinski definition) is 5. The van der Waals surface area contributed by atoms with Gasteiger partial charge in [-0.05, 0) is 249 Å². The van der Waals surface area contributed by atoms with E-state index in [1.165, 1.54) is 276 Å². The molecule has 0 spiro atoms. The molecule has 0 fully saturated rings. The highest BCUT2D eigenvalue weighted by molar-refractivity contribution is 7.29. The predicted octanol–water partition coefficient (Wildman–Crippen LogP) is 36.1. The first kappa shape index (κ1) is 73.5. The van der Waals surface area contributed by atoms with Gasteiger partial charge < -0.3 is 13.6 Å². The molecule has 0 saturated heterocycles. The van der Waals surface area contributed by atoms with E-state index in [1.807, 2.05) is 45.3 Å². The van der Waals surface area contributed by atoms with Crippen LogP contribution in [0.2, 0.25) is 13.1 Å². The van der Waals surface area contributed by atoms with E-state index in [0.29, 0.717) is 0 Å². The fourth-order valence-corrected chi connectivity index (χ4v) is 31.9. The van der Waals surface area contributed by atoms with E-state index in [2.05, 4.69) is 423 Å². The summed E-state index contributed by atoms with van der Waals surface area (Å²) < 4.78 is 22.7. The number of benzene rings is 25. The van der Waals surface area contributed by atoms with Crippen molar-refractivity contribution >= 4 is 329 Å². The Kier molecular flexibility index (Phi) is 15.2. The van der Waals surface area contributed by atoms with Crippen molar-refractivity contribution in [2.24, 2.45) is 0 Å². The first-order valence-corrected chi connectivity index (χ1v) is 51.8. The fourth-order valence-electron chi connectivity index (χ4n) is 24.1. The summed E-state index contributed by atoms with van der Waals surface area (Å²) in [6.45, 7) is 5.07. The van der Waals surface area contributed by atoms with Crippen LogP contribution in [0, 0.1) is 0 Å². The van der Waals surface area contributed by atoms with E-state index in [4.69, 9.17) is 4.42 Å². The van der Waals surface area contributed by atoms with Crippen LogP contribution in [-0.2, 0) is 0 Å². The maximum absolute atomic E-state index is 6.73. The van der Waals surface area contributed by atoms with Crippen LogP contribution in [0.25, 0.3) is 287 Å². The lowest BCUT2D eigenvalue weighted by molar-refractivity contribution is 0.664. The van der Waals surface area contributed by atoms with Gasteiger partial charge in [0.05, 0.1) is 22.1 Å².